The summed E-state index contributed by atoms with van der Waals surface area (Å²) in [5.41, 5.74) is 5.33. The van der Waals surface area contributed by atoms with E-state index in [1.807, 2.05) is 33.3 Å². The van der Waals surface area contributed by atoms with Gasteiger partial charge in [-0.1, -0.05) is 0 Å². The van der Waals surface area contributed by atoms with E-state index in [2.05, 4.69) is 51.5 Å². The molecule has 0 radical (unpaired) electrons. The van der Waals surface area contributed by atoms with Gasteiger partial charge < -0.3 is 25.0 Å². The Morgan fingerprint density at radius 2 is 1.97 bits per heavy atom. The SMILES string of the molecule is CNCCOc1ccc(-c2cc(N3CC[C@@H](CO)C3)c3ccc(N(C)C)cc3n2)cc1. The van der Waals surface area contributed by atoms with Crippen LogP contribution < -0.4 is 19.9 Å². The van der Waals surface area contributed by atoms with Crippen LogP contribution in [0.15, 0.2) is 48.5 Å². The summed E-state index contributed by atoms with van der Waals surface area (Å²) in [6.45, 7) is 3.53. The number of aromatic nitrogens is 1. The monoisotopic (exact) mass is 420 g/mol. The predicted molar refractivity (Wildman–Crippen MR) is 128 cm³/mol. The number of hydrogen-bond donors (Lipinski definition) is 2. The molecule has 164 valence electrons. The average Bonchev–Trinajstić information content (AvgIpc) is 3.28. The molecule has 0 saturated carbocycles. The summed E-state index contributed by atoms with van der Waals surface area (Å²) in [6, 6.07) is 16.8. The van der Waals surface area contributed by atoms with Crippen molar-refractivity contribution in [3.05, 3.63) is 48.5 Å². The van der Waals surface area contributed by atoms with Gasteiger partial charge in [-0.2, -0.15) is 0 Å². The van der Waals surface area contributed by atoms with Crippen molar-refractivity contribution in [2.24, 2.45) is 5.92 Å². The van der Waals surface area contributed by atoms with E-state index in [0.29, 0.717) is 12.5 Å². The van der Waals surface area contributed by atoms with Crippen LogP contribution in [0.5, 0.6) is 5.75 Å². The number of nitrogens with zero attached hydrogens (tertiary/aromatic N) is 3. The molecule has 2 heterocycles. The molecule has 1 aliphatic rings. The van der Waals surface area contributed by atoms with Gasteiger partial charge >= 0.3 is 0 Å². The fourth-order valence-electron chi connectivity index (χ4n) is 4.08. The highest BCUT2D eigenvalue weighted by Crippen LogP contribution is 2.35. The van der Waals surface area contributed by atoms with Gasteiger partial charge in [0.1, 0.15) is 12.4 Å². The van der Waals surface area contributed by atoms with E-state index in [4.69, 9.17) is 9.72 Å². The molecular weight excluding hydrogens is 388 g/mol. The van der Waals surface area contributed by atoms with Crippen LogP contribution >= 0.6 is 0 Å². The van der Waals surface area contributed by atoms with Gasteiger partial charge in [0.15, 0.2) is 0 Å². The molecule has 1 saturated heterocycles. The third-order valence-corrected chi connectivity index (χ3v) is 5.94. The number of anilines is 2. The summed E-state index contributed by atoms with van der Waals surface area (Å²) >= 11 is 0. The van der Waals surface area contributed by atoms with Gasteiger partial charge in [0, 0.05) is 68.6 Å². The molecule has 0 bridgehead atoms. The first-order valence-corrected chi connectivity index (χ1v) is 10.9. The van der Waals surface area contributed by atoms with E-state index in [1.54, 1.807) is 0 Å². The maximum absolute atomic E-state index is 9.62. The Labute approximate surface area is 184 Å². The van der Waals surface area contributed by atoms with Crippen molar-refractivity contribution in [3.8, 4) is 17.0 Å². The molecule has 6 nitrogen and oxygen atoms in total. The second-order valence-electron chi connectivity index (χ2n) is 8.38. The molecule has 4 rings (SSSR count). The van der Waals surface area contributed by atoms with Crippen LogP contribution in [0.1, 0.15) is 6.42 Å². The predicted octanol–water partition coefficient (Wildman–Crippen LogP) is 3.38. The lowest BCUT2D eigenvalue weighted by atomic mass is 10.1. The van der Waals surface area contributed by atoms with Crippen LogP contribution in [0, 0.1) is 5.92 Å². The molecule has 0 amide bonds. The molecule has 1 aromatic heterocycles. The van der Waals surface area contributed by atoms with Gasteiger partial charge in [-0.25, -0.2) is 4.98 Å². The summed E-state index contributed by atoms with van der Waals surface area (Å²) in [5.74, 6) is 1.20. The first-order chi connectivity index (χ1) is 15.1. The highest BCUT2D eigenvalue weighted by Gasteiger charge is 2.24. The van der Waals surface area contributed by atoms with Crippen molar-refractivity contribution < 1.29 is 9.84 Å². The molecule has 3 aromatic rings. The van der Waals surface area contributed by atoms with Crippen molar-refractivity contribution >= 4 is 22.3 Å². The Balaban J connectivity index is 1.72. The van der Waals surface area contributed by atoms with Crippen LogP contribution in [0.3, 0.4) is 0 Å². The zero-order valence-electron chi connectivity index (χ0n) is 18.6. The van der Waals surface area contributed by atoms with Gasteiger partial charge in [0.05, 0.1) is 11.2 Å². The molecule has 0 unspecified atom stereocenters. The normalized spacial score (nSPS) is 16.1. The fraction of sp³-hybridized carbons (Fsp3) is 0.400. The van der Waals surface area contributed by atoms with Crippen LogP contribution in [0.4, 0.5) is 11.4 Å². The second-order valence-corrected chi connectivity index (χ2v) is 8.38. The Morgan fingerprint density at radius 3 is 2.65 bits per heavy atom. The van der Waals surface area contributed by atoms with E-state index in [-0.39, 0.29) is 6.61 Å². The number of hydrogen-bond acceptors (Lipinski definition) is 6. The number of likely N-dealkylation sites (N-methyl/N-ethyl adjacent to an activating group) is 1. The number of ether oxygens (including phenoxy) is 1. The van der Waals surface area contributed by atoms with E-state index in [0.717, 1.165) is 59.7 Å². The Morgan fingerprint density at radius 1 is 1.16 bits per heavy atom. The molecule has 31 heavy (non-hydrogen) atoms. The number of benzene rings is 2. The molecular formula is C25H32N4O2. The first-order valence-electron chi connectivity index (χ1n) is 10.9. The summed E-state index contributed by atoms with van der Waals surface area (Å²) < 4.78 is 5.76. The van der Waals surface area contributed by atoms with Crippen molar-refractivity contribution in [1.29, 1.82) is 0 Å². The van der Waals surface area contributed by atoms with Gasteiger partial charge in [0.2, 0.25) is 0 Å². The summed E-state index contributed by atoms with van der Waals surface area (Å²) in [7, 11) is 6.01. The van der Waals surface area contributed by atoms with Gasteiger partial charge in [0.25, 0.3) is 0 Å². The topological polar surface area (TPSA) is 60.9 Å². The highest BCUT2D eigenvalue weighted by atomic mass is 16.5. The number of pyridine rings is 1. The minimum absolute atomic E-state index is 0.242. The van der Waals surface area contributed by atoms with Crippen LogP contribution in [-0.2, 0) is 0 Å². The number of aliphatic hydroxyl groups is 1. The molecule has 2 aromatic carbocycles. The third kappa shape index (κ3) is 4.75. The van der Waals surface area contributed by atoms with E-state index >= 15 is 0 Å². The standard InChI is InChI=1S/C25H32N4O2/c1-26-11-13-31-21-7-4-19(5-8-21)23-15-25(29-12-10-18(16-29)17-30)22-9-6-20(28(2)3)14-24(22)27-23/h4-9,14-15,18,26,30H,10-13,16-17H2,1-3H3/t18-/m1/s1. The van der Waals surface area contributed by atoms with Crippen LogP contribution in [-0.4, -0.2) is 64.1 Å². The molecule has 0 spiro atoms. The minimum Gasteiger partial charge on any atom is -0.492 e. The molecule has 2 N–H and O–H groups in total. The molecule has 1 fully saturated rings. The van der Waals surface area contributed by atoms with Crippen LogP contribution in [0.25, 0.3) is 22.2 Å². The number of aliphatic hydroxyl groups excluding tert-OH is 1. The maximum atomic E-state index is 9.62. The van der Waals surface area contributed by atoms with Gasteiger partial charge in [-0.05, 0) is 62.0 Å². The number of fused-ring (bicyclic) bond motifs is 1. The Bertz CT molecular complexity index is 1020. The summed E-state index contributed by atoms with van der Waals surface area (Å²) in [4.78, 5) is 9.50. The third-order valence-electron chi connectivity index (χ3n) is 5.94. The quantitative estimate of drug-likeness (QED) is 0.545. The number of rotatable bonds is 8. The molecule has 0 aliphatic carbocycles. The van der Waals surface area contributed by atoms with Gasteiger partial charge in [-0.15, -0.1) is 0 Å². The highest BCUT2D eigenvalue weighted by molar-refractivity contribution is 5.96. The van der Waals surface area contributed by atoms with Crippen molar-refractivity contribution in [3.63, 3.8) is 0 Å². The van der Waals surface area contributed by atoms with Crippen molar-refractivity contribution in [1.82, 2.24) is 10.3 Å². The molecule has 1 atom stereocenters. The minimum atomic E-state index is 0.242. The summed E-state index contributed by atoms with van der Waals surface area (Å²) in [5, 5.41) is 13.9. The van der Waals surface area contributed by atoms with Gasteiger partial charge in [-0.3, -0.25) is 0 Å². The summed E-state index contributed by atoms with van der Waals surface area (Å²) in [6.07, 6.45) is 1.02. The maximum Gasteiger partial charge on any atom is 0.119 e. The molecule has 1 aliphatic heterocycles. The Kier molecular flexibility index (Phi) is 6.59. The van der Waals surface area contributed by atoms with Crippen LogP contribution in [0.2, 0.25) is 0 Å². The zero-order chi connectivity index (χ0) is 21.8. The lowest BCUT2D eigenvalue weighted by Crippen LogP contribution is -2.21. The zero-order valence-corrected chi connectivity index (χ0v) is 18.6. The van der Waals surface area contributed by atoms with E-state index in [1.165, 1.54) is 5.69 Å². The lowest BCUT2D eigenvalue weighted by Gasteiger charge is -2.22. The fourth-order valence-corrected chi connectivity index (χ4v) is 4.08. The van der Waals surface area contributed by atoms with Crippen molar-refractivity contribution in [2.75, 3.05) is 63.8 Å². The lowest BCUT2D eigenvalue weighted by molar-refractivity contribution is 0.238. The molecule has 6 heteroatoms. The number of nitrogens with one attached hydrogen (secondary N) is 1. The van der Waals surface area contributed by atoms with E-state index < -0.39 is 0 Å². The second kappa shape index (κ2) is 9.54. The smallest absolute Gasteiger partial charge is 0.119 e. The Hall–Kier alpha value is -2.83. The first kappa shape index (κ1) is 21.4. The largest absolute Gasteiger partial charge is 0.492 e. The van der Waals surface area contributed by atoms with Crippen molar-refractivity contribution in [2.45, 2.75) is 6.42 Å². The average molecular weight is 421 g/mol. The van der Waals surface area contributed by atoms with E-state index in [9.17, 15) is 5.11 Å².